The van der Waals surface area contributed by atoms with Gasteiger partial charge >= 0.3 is 12.1 Å². The Kier molecular flexibility index (Phi) is 2.86. The Balaban J connectivity index is 1.68. The average molecular weight is 323 g/mol. The van der Waals surface area contributed by atoms with Crippen LogP contribution >= 0.6 is 0 Å². The summed E-state index contributed by atoms with van der Waals surface area (Å²) in [6.45, 7) is 0. The minimum absolute atomic E-state index is 0.0911. The van der Waals surface area contributed by atoms with Gasteiger partial charge in [-0.15, -0.1) is 0 Å². The molecule has 0 spiro atoms. The van der Waals surface area contributed by atoms with Gasteiger partial charge in [-0.05, 0) is 30.9 Å². The maximum atomic E-state index is 12.6. The molecular weight excluding hydrogens is 311 g/mol. The van der Waals surface area contributed by atoms with E-state index in [1.165, 1.54) is 12.1 Å². The van der Waals surface area contributed by atoms with Crippen molar-refractivity contribution in [2.45, 2.75) is 24.9 Å². The fraction of sp³-hybridized carbons (Fsp3) is 0.375. The molecule has 3 unspecified atom stereocenters. The number of aliphatic carboxylic acids is 1. The highest BCUT2D eigenvalue weighted by atomic mass is 19.4. The number of aromatic nitrogens is 1. The van der Waals surface area contributed by atoms with Crippen LogP contribution < -0.4 is 0 Å². The highest BCUT2D eigenvalue weighted by Gasteiger charge is 2.60. The zero-order chi connectivity index (χ0) is 16.4. The van der Waals surface area contributed by atoms with Crippen molar-refractivity contribution in [1.29, 1.82) is 0 Å². The van der Waals surface area contributed by atoms with E-state index >= 15 is 0 Å². The molecule has 1 saturated carbocycles. The van der Waals surface area contributed by atoms with Gasteiger partial charge in [-0.3, -0.25) is 4.79 Å². The Morgan fingerprint density at radius 3 is 2.57 bits per heavy atom. The minimum atomic E-state index is -4.38. The van der Waals surface area contributed by atoms with Crippen LogP contribution in [0.15, 0.2) is 28.8 Å². The predicted molar refractivity (Wildman–Crippen MR) is 72.6 cm³/mol. The number of nitrogens with zero attached hydrogens (tertiary/aromatic N) is 1. The van der Waals surface area contributed by atoms with Crippen LogP contribution in [0.3, 0.4) is 0 Å². The number of benzene rings is 1. The number of alkyl halides is 3. The third-order valence-electron chi connectivity index (χ3n) is 4.79. The van der Waals surface area contributed by atoms with E-state index in [4.69, 9.17) is 4.52 Å². The second-order valence-corrected chi connectivity index (χ2v) is 6.04. The molecular formula is C16H12F3NO3. The van der Waals surface area contributed by atoms with Gasteiger partial charge in [0.25, 0.3) is 0 Å². The lowest BCUT2D eigenvalue weighted by Gasteiger charge is -2.09. The summed E-state index contributed by atoms with van der Waals surface area (Å²) in [5.74, 6) is -0.728. The SMILES string of the molecule is O=C(O)C1C2CCc3c(-c4ccc(C(F)(F)F)cc4)noc3C21. The molecule has 1 N–H and O–H groups in total. The van der Waals surface area contributed by atoms with Gasteiger partial charge in [0.15, 0.2) is 0 Å². The molecule has 4 rings (SSSR count). The van der Waals surface area contributed by atoms with Gasteiger partial charge in [0, 0.05) is 17.0 Å². The zero-order valence-corrected chi connectivity index (χ0v) is 11.8. The van der Waals surface area contributed by atoms with Gasteiger partial charge in [-0.25, -0.2) is 0 Å². The van der Waals surface area contributed by atoms with Crippen molar-refractivity contribution in [3.8, 4) is 11.3 Å². The smallest absolute Gasteiger partial charge is 0.416 e. The molecule has 120 valence electrons. The first-order valence-electron chi connectivity index (χ1n) is 7.27. The van der Waals surface area contributed by atoms with E-state index in [-0.39, 0.29) is 11.8 Å². The predicted octanol–water partition coefficient (Wildman–Crippen LogP) is 3.72. The van der Waals surface area contributed by atoms with Gasteiger partial charge in [-0.1, -0.05) is 17.3 Å². The molecule has 0 aliphatic heterocycles. The fourth-order valence-electron chi connectivity index (χ4n) is 3.61. The first-order valence-corrected chi connectivity index (χ1v) is 7.27. The third-order valence-corrected chi connectivity index (χ3v) is 4.79. The van der Waals surface area contributed by atoms with Crippen LogP contribution in [-0.2, 0) is 17.4 Å². The molecule has 1 fully saturated rings. The molecule has 1 aromatic carbocycles. The number of fused-ring (bicyclic) bond motifs is 3. The maximum absolute atomic E-state index is 12.6. The van der Waals surface area contributed by atoms with E-state index in [1.54, 1.807) is 0 Å². The summed E-state index contributed by atoms with van der Waals surface area (Å²) in [4.78, 5) is 11.2. The number of halogens is 3. The quantitative estimate of drug-likeness (QED) is 0.915. The van der Waals surface area contributed by atoms with Crippen molar-refractivity contribution in [3.63, 3.8) is 0 Å². The molecule has 1 aromatic heterocycles. The summed E-state index contributed by atoms with van der Waals surface area (Å²) < 4.78 is 43.2. The van der Waals surface area contributed by atoms with Crippen LogP contribution in [0.25, 0.3) is 11.3 Å². The molecule has 0 bridgehead atoms. The Bertz CT molecular complexity index is 779. The van der Waals surface area contributed by atoms with Crippen molar-refractivity contribution in [1.82, 2.24) is 5.16 Å². The molecule has 0 amide bonds. The molecule has 0 saturated heterocycles. The van der Waals surface area contributed by atoms with E-state index in [0.29, 0.717) is 23.4 Å². The summed E-state index contributed by atoms with van der Waals surface area (Å²) in [7, 11) is 0. The average Bonchev–Trinajstić information content (AvgIpc) is 3.09. The monoisotopic (exact) mass is 323 g/mol. The fourth-order valence-corrected chi connectivity index (χ4v) is 3.61. The zero-order valence-electron chi connectivity index (χ0n) is 11.8. The van der Waals surface area contributed by atoms with Gasteiger partial charge in [0.1, 0.15) is 11.5 Å². The summed E-state index contributed by atoms with van der Waals surface area (Å²) in [5, 5.41) is 13.2. The van der Waals surface area contributed by atoms with E-state index in [0.717, 1.165) is 24.1 Å². The van der Waals surface area contributed by atoms with Crippen LogP contribution in [-0.4, -0.2) is 16.2 Å². The third kappa shape index (κ3) is 2.14. The van der Waals surface area contributed by atoms with E-state index in [1.807, 2.05) is 0 Å². The van der Waals surface area contributed by atoms with Gasteiger partial charge in [0.05, 0.1) is 11.5 Å². The second-order valence-electron chi connectivity index (χ2n) is 6.04. The highest BCUT2D eigenvalue weighted by Crippen LogP contribution is 2.60. The van der Waals surface area contributed by atoms with Crippen molar-refractivity contribution >= 4 is 5.97 Å². The number of rotatable bonds is 2. The van der Waals surface area contributed by atoms with Gasteiger partial charge in [0.2, 0.25) is 0 Å². The molecule has 23 heavy (non-hydrogen) atoms. The van der Waals surface area contributed by atoms with Crippen LogP contribution in [0.4, 0.5) is 13.2 Å². The Hall–Kier alpha value is -2.31. The molecule has 0 radical (unpaired) electrons. The summed E-state index contributed by atoms with van der Waals surface area (Å²) in [5.41, 5.74) is 1.18. The van der Waals surface area contributed by atoms with Crippen LogP contribution in [0.2, 0.25) is 0 Å². The van der Waals surface area contributed by atoms with E-state index in [9.17, 15) is 23.1 Å². The number of carbonyl (C=O) groups is 1. The first kappa shape index (κ1) is 14.3. The van der Waals surface area contributed by atoms with Crippen LogP contribution in [0.1, 0.15) is 29.2 Å². The largest absolute Gasteiger partial charge is 0.481 e. The molecule has 2 aliphatic carbocycles. The summed E-state index contributed by atoms with van der Waals surface area (Å²) in [6, 6.07) is 4.77. The Labute approximate surface area is 128 Å². The molecule has 2 aromatic rings. The normalized spacial score (nSPS) is 25.6. The maximum Gasteiger partial charge on any atom is 0.416 e. The van der Waals surface area contributed by atoms with Crippen molar-refractivity contribution in [2.75, 3.05) is 0 Å². The standard InChI is InChI=1S/C16H12F3NO3/c17-16(18,19)8-3-1-7(2-4-8)13-10-6-5-9-11(12(9)15(21)22)14(10)23-20-13/h1-4,9,11-12H,5-6H2,(H,21,22). The number of carboxylic acid groups (broad SMARTS) is 1. The van der Waals surface area contributed by atoms with Gasteiger partial charge in [-0.2, -0.15) is 13.2 Å². The van der Waals surface area contributed by atoms with E-state index in [2.05, 4.69) is 5.16 Å². The minimum Gasteiger partial charge on any atom is -0.481 e. The molecule has 4 nitrogen and oxygen atoms in total. The first-order chi connectivity index (χ1) is 10.9. The highest BCUT2D eigenvalue weighted by molar-refractivity contribution is 5.77. The topological polar surface area (TPSA) is 63.3 Å². The van der Waals surface area contributed by atoms with Crippen molar-refractivity contribution < 1.29 is 27.6 Å². The number of hydrogen-bond donors (Lipinski definition) is 1. The Morgan fingerprint density at radius 2 is 1.96 bits per heavy atom. The van der Waals surface area contributed by atoms with Crippen molar-refractivity contribution in [3.05, 3.63) is 41.2 Å². The van der Waals surface area contributed by atoms with Crippen molar-refractivity contribution in [2.24, 2.45) is 11.8 Å². The molecule has 2 aliphatic rings. The lowest BCUT2D eigenvalue weighted by atomic mass is 9.94. The molecule has 7 heteroatoms. The number of hydrogen-bond acceptors (Lipinski definition) is 3. The second kappa shape index (κ2) is 4.59. The Morgan fingerprint density at radius 1 is 1.26 bits per heavy atom. The van der Waals surface area contributed by atoms with Crippen LogP contribution in [0, 0.1) is 11.8 Å². The number of carboxylic acids is 1. The van der Waals surface area contributed by atoms with Gasteiger partial charge < -0.3 is 9.63 Å². The summed E-state index contributed by atoms with van der Waals surface area (Å²) in [6.07, 6.45) is -3.00. The molecule has 3 atom stereocenters. The lowest BCUT2D eigenvalue weighted by Crippen LogP contribution is -2.04. The van der Waals surface area contributed by atoms with Crippen LogP contribution in [0.5, 0.6) is 0 Å². The lowest BCUT2D eigenvalue weighted by molar-refractivity contribution is -0.139. The molecule has 1 heterocycles. The van der Waals surface area contributed by atoms with E-state index < -0.39 is 23.6 Å². The summed E-state index contributed by atoms with van der Waals surface area (Å²) >= 11 is 0.